The van der Waals surface area contributed by atoms with Crippen LogP contribution in [0.5, 0.6) is 0 Å². The summed E-state index contributed by atoms with van der Waals surface area (Å²) in [5, 5.41) is 3.17. The van der Waals surface area contributed by atoms with Gasteiger partial charge in [-0.25, -0.2) is 4.68 Å². The van der Waals surface area contributed by atoms with E-state index < -0.39 is 0 Å². The fourth-order valence-corrected chi connectivity index (χ4v) is 2.38. The Balaban J connectivity index is 2.17. The molecule has 0 radical (unpaired) electrons. The summed E-state index contributed by atoms with van der Waals surface area (Å²) >= 11 is 0. The third-order valence-electron chi connectivity index (χ3n) is 3.53. The minimum absolute atomic E-state index is 0.135. The standard InChI is InChI=1S/C14H17N3O/c1-8-3-6-11(9(2)7-8)17-14(18)12(15)13(16-17)10-4-5-10/h3,6-7,10,16H,4-5,15H2,1-2H3. The van der Waals surface area contributed by atoms with Crippen LogP contribution in [-0.2, 0) is 0 Å². The van der Waals surface area contributed by atoms with Crippen molar-refractivity contribution in [3.05, 3.63) is 45.4 Å². The quantitative estimate of drug-likeness (QED) is 0.849. The maximum absolute atomic E-state index is 12.2. The van der Waals surface area contributed by atoms with Gasteiger partial charge < -0.3 is 5.73 Å². The summed E-state index contributed by atoms with van der Waals surface area (Å²) in [4.78, 5) is 12.2. The monoisotopic (exact) mass is 243 g/mol. The number of nitrogens with zero attached hydrogens (tertiary/aromatic N) is 1. The fraction of sp³-hybridized carbons (Fsp3) is 0.357. The largest absolute Gasteiger partial charge is 0.393 e. The van der Waals surface area contributed by atoms with Crippen LogP contribution in [0.15, 0.2) is 23.0 Å². The minimum Gasteiger partial charge on any atom is -0.393 e. The number of hydrogen-bond donors (Lipinski definition) is 2. The number of anilines is 1. The summed E-state index contributed by atoms with van der Waals surface area (Å²) in [6, 6.07) is 6.02. The summed E-state index contributed by atoms with van der Waals surface area (Å²) in [5.74, 6) is 0.449. The van der Waals surface area contributed by atoms with Gasteiger partial charge in [0.1, 0.15) is 5.69 Å². The van der Waals surface area contributed by atoms with Gasteiger partial charge in [0.05, 0.1) is 11.4 Å². The zero-order valence-electron chi connectivity index (χ0n) is 10.7. The van der Waals surface area contributed by atoms with Crippen molar-refractivity contribution >= 4 is 5.69 Å². The van der Waals surface area contributed by atoms with Gasteiger partial charge in [-0.2, -0.15) is 0 Å². The molecule has 1 heterocycles. The summed E-state index contributed by atoms with van der Waals surface area (Å²) in [5.41, 5.74) is 10.2. The van der Waals surface area contributed by atoms with Crippen molar-refractivity contribution < 1.29 is 0 Å². The molecular weight excluding hydrogens is 226 g/mol. The van der Waals surface area contributed by atoms with Crippen LogP contribution in [0.25, 0.3) is 5.69 Å². The Kier molecular flexibility index (Phi) is 2.33. The van der Waals surface area contributed by atoms with E-state index in [1.165, 1.54) is 5.56 Å². The number of nitrogens with two attached hydrogens (primary N) is 1. The normalized spacial score (nSPS) is 15.0. The number of nitrogens with one attached hydrogen (secondary N) is 1. The highest BCUT2D eigenvalue weighted by atomic mass is 16.1. The van der Waals surface area contributed by atoms with Gasteiger partial charge in [-0.05, 0) is 38.3 Å². The number of aromatic amines is 1. The molecular formula is C14H17N3O. The molecule has 1 saturated carbocycles. The molecule has 0 atom stereocenters. The highest BCUT2D eigenvalue weighted by molar-refractivity contribution is 5.49. The van der Waals surface area contributed by atoms with Gasteiger partial charge in [0.25, 0.3) is 5.56 Å². The average Bonchev–Trinajstić information content (AvgIpc) is 3.11. The van der Waals surface area contributed by atoms with Crippen molar-refractivity contribution in [1.82, 2.24) is 9.78 Å². The van der Waals surface area contributed by atoms with Crippen molar-refractivity contribution in [3.63, 3.8) is 0 Å². The fourth-order valence-electron chi connectivity index (χ4n) is 2.38. The van der Waals surface area contributed by atoms with E-state index in [0.717, 1.165) is 29.8 Å². The Morgan fingerprint density at radius 3 is 2.67 bits per heavy atom. The van der Waals surface area contributed by atoms with Crippen LogP contribution in [0, 0.1) is 13.8 Å². The lowest BCUT2D eigenvalue weighted by Crippen LogP contribution is -2.17. The van der Waals surface area contributed by atoms with Gasteiger partial charge in [0, 0.05) is 5.92 Å². The maximum atomic E-state index is 12.2. The first-order chi connectivity index (χ1) is 8.58. The molecule has 0 aliphatic heterocycles. The number of aryl methyl sites for hydroxylation is 2. The number of aromatic nitrogens is 2. The van der Waals surface area contributed by atoms with Crippen molar-refractivity contribution in [2.24, 2.45) is 0 Å². The first kappa shape index (κ1) is 11.1. The van der Waals surface area contributed by atoms with Crippen molar-refractivity contribution in [1.29, 1.82) is 0 Å². The molecule has 0 saturated heterocycles. The van der Waals surface area contributed by atoms with E-state index in [0.29, 0.717) is 11.6 Å². The first-order valence-corrected chi connectivity index (χ1v) is 6.26. The van der Waals surface area contributed by atoms with Crippen molar-refractivity contribution in [2.75, 3.05) is 5.73 Å². The van der Waals surface area contributed by atoms with Gasteiger partial charge in [0.15, 0.2) is 0 Å². The second-order valence-electron chi connectivity index (χ2n) is 5.14. The lowest BCUT2D eigenvalue weighted by Gasteiger charge is -2.06. The van der Waals surface area contributed by atoms with Crippen LogP contribution >= 0.6 is 0 Å². The molecule has 0 amide bonds. The highest BCUT2D eigenvalue weighted by Gasteiger charge is 2.29. The Morgan fingerprint density at radius 2 is 2.06 bits per heavy atom. The number of hydrogen-bond acceptors (Lipinski definition) is 2. The van der Waals surface area contributed by atoms with E-state index in [4.69, 9.17) is 5.73 Å². The van der Waals surface area contributed by atoms with Crippen LogP contribution in [0.1, 0.15) is 35.6 Å². The van der Waals surface area contributed by atoms with E-state index in [9.17, 15) is 4.79 Å². The molecule has 18 heavy (non-hydrogen) atoms. The summed E-state index contributed by atoms with van der Waals surface area (Å²) < 4.78 is 1.57. The molecule has 4 nitrogen and oxygen atoms in total. The number of benzene rings is 1. The lowest BCUT2D eigenvalue weighted by molar-refractivity contribution is 0.810. The molecule has 0 spiro atoms. The van der Waals surface area contributed by atoms with Gasteiger partial charge in [-0.1, -0.05) is 17.7 Å². The molecule has 94 valence electrons. The summed E-state index contributed by atoms with van der Waals surface area (Å²) in [6.45, 7) is 4.04. The molecule has 1 aliphatic carbocycles. The summed E-state index contributed by atoms with van der Waals surface area (Å²) in [6.07, 6.45) is 2.24. The molecule has 0 bridgehead atoms. The van der Waals surface area contributed by atoms with Gasteiger partial charge >= 0.3 is 0 Å². The van der Waals surface area contributed by atoms with Crippen LogP contribution in [0.3, 0.4) is 0 Å². The molecule has 1 aliphatic rings. The SMILES string of the molecule is Cc1ccc(-n2[nH]c(C3CC3)c(N)c2=O)c(C)c1. The second-order valence-corrected chi connectivity index (χ2v) is 5.14. The molecule has 3 rings (SSSR count). The Hall–Kier alpha value is -1.97. The molecule has 1 fully saturated rings. The molecule has 4 heteroatoms. The van der Waals surface area contributed by atoms with Crippen LogP contribution in [-0.4, -0.2) is 9.78 Å². The van der Waals surface area contributed by atoms with Gasteiger partial charge in [-0.15, -0.1) is 0 Å². The van der Waals surface area contributed by atoms with Crippen LogP contribution < -0.4 is 11.3 Å². The molecule has 1 aromatic carbocycles. The molecule has 2 aromatic rings. The van der Waals surface area contributed by atoms with Crippen molar-refractivity contribution in [3.8, 4) is 5.69 Å². The number of nitrogen functional groups attached to an aromatic ring is 1. The van der Waals surface area contributed by atoms with Crippen molar-refractivity contribution in [2.45, 2.75) is 32.6 Å². The topological polar surface area (TPSA) is 63.8 Å². The molecule has 1 aromatic heterocycles. The van der Waals surface area contributed by atoms with Gasteiger partial charge in [-0.3, -0.25) is 9.89 Å². The highest BCUT2D eigenvalue weighted by Crippen LogP contribution is 2.40. The predicted octanol–water partition coefficient (Wildman–Crippen LogP) is 2.24. The second kappa shape index (κ2) is 3.77. The number of H-pyrrole nitrogens is 1. The lowest BCUT2D eigenvalue weighted by atomic mass is 10.1. The Bertz CT molecular complexity index is 662. The smallest absolute Gasteiger partial charge is 0.294 e. The third kappa shape index (κ3) is 1.65. The minimum atomic E-state index is -0.135. The zero-order valence-corrected chi connectivity index (χ0v) is 10.7. The van der Waals surface area contributed by atoms with Gasteiger partial charge in [0.2, 0.25) is 0 Å². The zero-order chi connectivity index (χ0) is 12.9. The van der Waals surface area contributed by atoms with Crippen LogP contribution in [0.2, 0.25) is 0 Å². The Labute approximate surface area is 105 Å². The first-order valence-electron chi connectivity index (χ1n) is 6.26. The third-order valence-corrected chi connectivity index (χ3v) is 3.53. The van der Waals surface area contributed by atoms with E-state index in [-0.39, 0.29) is 5.56 Å². The average molecular weight is 243 g/mol. The van der Waals surface area contributed by atoms with E-state index in [1.54, 1.807) is 4.68 Å². The van der Waals surface area contributed by atoms with Crippen LogP contribution in [0.4, 0.5) is 5.69 Å². The summed E-state index contributed by atoms with van der Waals surface area (Å²) in [7, 11) is 0. The number of rotatable bonds is 2. The van der Waals surface area contributed by atoms with E-state index in [2.05, 4.69) is 11.2 Å². The van der Waals surface area contributed by atoms with E-state index in [1.807, 2.05) is 26.0 Å². The molecule has 3 N–H and O–H groups in total. The predicted molar refractivity (Wildman–Crippen MR) is 72.3 cm³/mol. The Morgan fingerprint density at radius 1 is 1.33 bits per heavy atom. The maximum Gasteiger partial charge on any atom is 0.294 e. The molecule has 0 unspecified atom stereocenters. The van der Waals surface area contributed by atoms with E-state index >= 15 is 0 Å².